The fraction of sp³-hybridized carbons (Fsp3) is 0.520. The zero-order valence-corrected chi connectivity index (χ0v) is 16.5. The number of hydrogen-bond acceptors (Lipinski definition) is 2. The molecule has 1 aliphatic carbocycles. The van der Waals surface area contributed by atoms with E-state index >= 15 is 0 Å². The van der Waals surface area contributed by atoms with Gasteiger partial charge in [0.25, 0.3) is 0 Å². The van der Waals surface area contributed by atoms with Crippen molar-refractivity contribution in [1.82, 2.24) is 5.32 Å². The third kappa shape index (κ3) is 4.44. The Balaban J connectivity index is 1.40. The van der Waals surface area contributed by atoms with Crippen LogP contribution >= 0.6 is 0 Å². The van der Waals surface area contributed by atoms with Crippen LogP contribution in [-0.2, 0) is 16.6 Å². The summed E-state index contributed by atoms with van der Waals surface area (Å²) >= 11 is 0. The lowest BCUT2D eigenvalue weighted by molar-refractivity contribution is -0.103. The van der Waals surface area contributed by atoms with Gasteiger partial charge in [0.1, 0.15) is 0 Å². The summed E-state index contributed by atoms with van der Waals surface area (Å²) in [6.45, 7) is 3.05. The molecule has 2 aromatic carbocycles. The molecule has 2 aliphatic rings. The van der Waals surface area contributed by atoms with Crippen molar-refractivity contribution in [2.45, 2.75) is 62.4 Å². The van der Waals surface area contributed by atoms with Gasteiger partial charge in [-0.1, -0.05) is 73.5 Å². The van der Waals surface area contributed by atoms with E-state index < -0.39 is 0 Å². The van der Waals surface area contributed by atoms with Crippen molar-refractivity contribution < 1.29 is 4.74 Å². The summed E-state index contributed by atoms with van der Waals surface area (Å²) in [6, 6.07) is 22.0. The van der Waals surface area contributed by atoms with Gasteiger partial charge < -0.3 is 10.1 Å². The molecule has 4 rings (SSSR count). The van der Waals surface area contributed by atoms with E-state index in [9.17, 15) is 0 Å². The van der Waals surface area contributed by atoms with Crippen molar-refractivity contribution in [3.8, 4) is 0 Å². The Morgan fingerprint density at radius 2 is 1.52 bits per heavy atom. The van der Waals surface area contributed by atoms with Gasteiger partial charge in [-0.05, 0) is 62.7 Å². The van der Waals surface area contributed by atoms with Crippen LogP contribution in [0, 0.1) is 0 Å². The van der Waals surface area contributed by atoms with E-state index in [1.54, 1.807) is 0 Å². The first kappa shape index (κ1) is 18.7. The maximum absolute atomic E-state index is 6.37. The highest BCUT2D eigenvalue weighted by molar-refractivity contribution is 5.27. The van der Waals surface area contributed by atoms with Gasteiger partial charge in [0.15, 0.2) is 0 Å². The molecule has 0 amide bonds. The third-order valence-corrected chi connectivity index (χ3v) is 6.76. The lowest BCUT2D eigenvalue weighted by Gasteiger charge is -2.47. The van der Waals surface area contributed by atoms with E-state index in [0.717, 1.165) is 32.5 Å². The van der Waals surface area contributed by atoms with E-state index in [2.05, 4.69) is 66.0 Å². The van der Waals surface area contributed by atoms with Crippen molar-refractivity contribution in [2.75, 3.05) is 19.7 Å². The molecule has 2 nitrogen and oxygen atoms in total. The molecule has 1 heterocycles. The van der Waals surface area contributed by atoms with Crippen LogP contribution in [0.25, 0.3) is 0 Å². The van der Waals surface area contributed by atoms with Gasteiger partial charge in [0.2, 0.25) is 0 Å². The summed E-state index contributed by atoms with van der Waals surface area (Å²) in [4.78, 5) is 0. The molecule has 0 bridgehead atoms. The molecule has 0 aromatic heterocycles. The minimum Gasteiger partial charge on any atom is -0.375 e. The molecule has 1 aliphatic heterocycles. The Labute approximate surface area is 164 Å². The summed E-state index contributed by atoms with van der Waals surface area (Å²) in [7, 11) is 0. The van der Waals surface area contributed by atoms with E-state index in [1.165, 1.54) is 49.7 Å². The number of rotatable bonds is 7. The molecule has 0 radical (unpaired) electrons. The van der Waals surface area contributed by atoms with Gasteiger partial charge in [-0.3, -0.25) is 0 Å². The van der Waals surface area contributed by atoms with E-state index in [4.69, 9.17) is 4.74 Å². The molecule has 1 saturated carbocycles. The largest absolute Gasteiger partial charge is 0.375 e. The van der Waals surface area contributed by atoms with Gasteiger partial charge in [0.05, 0.1) is 5.60 Å². The maximum atomic E-state index is 6.37. The van der Waals surface area contributed by atoms with Gasteiger partial charge in [-0.2, -0.15) is 0 Å². The summed E-state index contributed by atoms with van der Waals surface area (Å²) in [5, 5.41) is 3.71. The van der Waals surface area contributed by atoms with Crippen LogP contribution in [0.3, 0.4) is 0 Å². The number of hydrogen-bond donors (Lipinski definition) is 1. The third-order valence-electron chi connectivity index (χ3n) is 6.76. The normalized spacial score (nSPS) is 24.3. The fourth-order valence-corrected chi connectivity index (χ4v) is 5.29. The van der Waals surface area contributed by atoms with Crippen molar-refractivity contribution in [3.05, 3.63) is 71.8 Å². The van der Waals surface area contributed by atoms with Crippen molar-refractivity contribution in [1.29, 1.82) is 0 Å². The molecule has 1 spiro atoms. The second-order valence-electron chi connectivity index (χ2n) is 8.55. The van der Waals surface area contributed by atoms with Crippen LogP contribution in [-0.4, -0.2) is 25.3 Å². The van der Waals surface area contributed by atoms with Gasteiger partial charge >= 0.3 is 0 Å². The van der Waals surface area contributed by atoms with Crippen LogP contribution in [0.2, 0.25) is 0 Å². The molecule has 2 aromatic rings. The number of nitrogens with one attached hydrogen (secondary N) is 1. The number of benzene rings is 2. The summed E-state index contributed by atoms with van der Waals surface area (Å²) < 4.78 is 6.37. The van der Waals surface area contributed by atoms with Crippen LogP contribution < -0.4 is 5.32 Å². The van der Waals surface area contributed by atoms with Crippen LogP contribution in [0.1, 0.15) is 56.1 Å². The first-order chi connectivity index (χ1) is 13.3. The average Bonchev–Trinajstić information content (AvgIpc) is 3.16. The molecule has 27 heavy (non-hydrogen) atoms. The fourth-order valence-electron chi connectivity index (χ4n) is 5.29. The molecular weight excluding hydrogens is 330 g/mol. The standard InChI is InChI=1S/C25H33NO/c1-3-9-22(10-4-1)13-18-26-19-16-24(23-11-5-2-6-12-23)17-20-27-25(21-24)14-7-8-15-25/h1-6,9-12,26H,7-8,13-21H2. The Hall–Kier alpha value is -1.64. The van der Waals surface area contributed by atoms with Crippen molar-refractivity contribution in [3.63, 3.8) is 0 Å². The summed E-state index contributed by atoms with van der Waals surface area (Å²) in [5.74, 6) is 0. The molecule has 2 fully saturated rings. The molecule has 144 valence electrons. The molecular formula is C25H33NO. The van der Waals surface area contributed by atoms with E-state index in [0.29, 0.717) is 0 Å². The highest BCUT2D eigenvalue weighted by atomic mass is 16.5. The Morgan fingerprint density at radius 3 is 2.26 bits per heavy atom. The second-order valence-corrected chi connectivity index (χ2v) is 8.55. The van der Waals surface area contributed by atoms with Crippen LogP contribution in [0.5, 0.6) is 0 Å². The predicted molar refractivity (Wildman–Crippen MR) is 112 cm³/mol. The first-order valence-corrected chi connectivity index (χ1v) is 10.7. The summed E-state index contributed by atoms with van der Waals surface area (Å²) in [5.41, 5.74) is 3.35. The van der Waals surface area contributed by atoms with Crippen molar-refractivity contribution >= 4 is 0 Å². The minimum absolute atomic E-state index is 0.151. The average molecular weight is 364 g/mol. The van der Waals surface area contributed by atoms with Crippen molar-refractivity contribution in [2.24, 2.45) is 0 Å². The molecule has 1 unspecified atom stereocenters. The number of ether oxygens (including phenoxy) is 1. The van der Waals surface area contributed by atoms with Gasteiger partial charge in [-0.15, -0.1) is 0 Å². The summed E-state index contributed by atoms with van der Waals surface area (Å²) in [6.07, 6.45) is 9.83. The Morgan fingerprint density at radius 1 is 0.815 bits per heavy atom. The SMILES string of the molecule is c1ccc(CCNCCC2(c3ccccc3)CCOC3(CCCC3)C2)cc1. The Bertz CT molecular complexity index is 693. The molecule has 1 atom stereocenters. The quantitative estimate of drug-likeness (QED) is 0.677. The molecule has 1 N–H and O–H groups in total. The Kier molecular flexibility index (Phi) is 5.95. The zero-order chi connectivity index (χ0) is 18.4. The first-order valence-electron chi connectivity index (χ1n) is 10.7. The lowest BCUT2D eigenvalue weighted by atomic mass is 9.66. The molecule has 2 heteroatoms. The van der Waals surface area contributed by atoms with Gasteiger partial charge in [-0.25, -0.2) is 0 Å². The predicted octanol–water partition coefficient (Wildman–Crippen LogP) is 5.27. The van der Waals surface area contributed by atoms with Gasteiger partial charge in [0, 0.05) is 12.0 Å². The smallest absolute Gasteiger partial charge is 0.0691 e. The minimum atomic E-state index is 0.151. The van der Waals surface area contributed by atoms with Crippen LogP contribution in [0.15, 0.2) is 60.7 Å². The maximum Gasteiger partial charge on any atom is 0.0691 e. The van der Waals surface area contributed by atoms with E-state index in [1.807, 2.05) is 0 Å². The monoisotopic (exact) mass is 363 g/mol. The highest BCUT2D eigenvalue weighted by Crippen LogP contribution is 2.49. The highest BCUT2D eigenvalue weighted by Gasteiger charge is 2.47. The lowest BCUT2D eigenvalue weighted by Crippen LogP contribution is -2.47. The molecule has 1 saturated heterocycles. The topological polar surface area (TPSA) is 21.3 Å². The van der Waals surface area contributed by atoms with Crippen LogP contribution in [0.4, 0.5) is 0 Å². The van der Waals surface area contributed by atoms with E-state index in [-0.39, 0.29) is 11.0 Å². The zero-order valence-electron chi connectivity index (χ0n) is 16.5. The second kappa shape index (κ2) is 8.58.